The summed E-state index contributed by atoms with van der Waals surface area (Å²) in [7, 11) is 0. The van der Waals surface area contributed by atoms with Gasteiger partial charge in [0.15, 0.2) is 0 Å². The zero-order chi connectivity index (χ0) is 18.3. The Morgan fingerprint density at radius 3 is 1.92 bits per heavy atom. The minimum Gasteiger partial charge on any atom is -0.308 e. The fourth-order valence-corrected chi connectivity index (χ4v) is 3.11. The first-order chi connectivity index (χ1) is 12.6. The van der Waals surface area contributed by atoms with Crippen molar-refractivity contribution in [3.63, 3.8) is 0 Å². The number of halogens is 3. The first-order valence-corrected chi connectivity index (χ1v) is 7.84. The van der Waals surface area contributed by atoms with Gasteiger partial charge in [0.2, 0.25) is 0 Å². The molecule has 0 bridgehead atoms. The minimum atomic E-state index is -0.450. The smallest absolute Gasteiger partial charge is 0.125 e. The summed E-state index contributed by atoms with van der Waals surface area (Å²) < 4.78 is 42.3. The van der Waals surface area contributed by atoms with Crippen LogP contribution in [-0.4, -0.2) is 4.57 Å². The molecule has 0 saturated heterocycles. The summed E-state index contributed by atoms with van der Waals surface area (Å²) in [6, 6.07) is 17.7. The maximum Gasteiger partial charge on any atom is 0.125 e. The van der Waals surface area contributed by atoms with Crippen molar-refractivity contribution in [1.82, 2.24) is 4.57 Å². The van der Waals surface area contributed by atoms with Crippen molar-refractivity contribution in [3.8, 4) is 23.0 Å². The van der Waals surface area contributed by atoms with Crippen molar-refractivity contribution in [1.29, 1.82) is 5.26 Å². The molecule has 0 aliphatic heterocycles. The predicted octanol–water partition coefficient (Wildman–Crippen LogP) is 5.59. The lowest BCUT2D eigenvalue weighted by molar-refractivity contribution is 0.626. The molecule has 1 aromatic heterocycles. The fourth-order valence-electron chi connectivity index (χ4n) is 3.11. The Morgan fingerprint density at radius 1 is 0.731 bits per heavy atom. The standard InChI is InChI=1S/C21H11F3N2/c22-14-3-1-13(2-4-14)21-19(12-25)18-10-7-16(24)11-20(18)26(21)17-8-5-15(23)6-9-17/h1-11H. The number of nitrogens with zero attached hydrogens (tertiary/aromatic N) is 2. The molecule has 4 aromatic rings. The molecular weight excluding hydrogens is 337 g/mol. The predicted molar refractivity (Wildman–Crippen MR) is 93.3 cm³/mol. The second-order valence-corrected chi connectivity index (χ2v) is 5.82. The van der Waals surface area contributed by atoms with Crippen LogP contribution in [0.4, 0.5) is 13.2 Å². The van der Waals surface area contributed by atoms with Gasteiger partial charge >= 0.3 is 0 Å². The van der Waals surface area contributed by atoms with Crippen LogP contribution in [0.5, 0.6) is 0 Å². The molecule has 0 amide bonds. The van der Waals surface area contributed by atoms with E-state index in [0.717, 1.165) is 0 Å². The van der Waals surface area contributed by atoms with Crippen LogP contribution in [-0.2, 0) is 0 Å². The van der Waals surface area contributed by atoms with Crippen LogP contribution in [0.1, 0.15) is 5.56 Å². The van der Waals surface area contributed by atoms with Gasteiger partial charge in [-0.3, -0.25) is 0 Å². The molecule has 0 aliphatic rings. The zero-order valence-corrected chi connectivity index (χ0v) is 13.4. The Morgan fingerprint density at radius 2 is 1.31 bits per heavy atom. The van der Waals surface area contributed by atoms with E-state index in [0.29, 0.717) is 33.4 Å². The molecular formula is C21H11F3N2. The number of hydrogen-bond acceptors (Lipinski definition) is 1. The average Bonchev–Trinajstić information content (AvgIpc) is 2.96. The van der Waals surface area contributed by atoms with Crippen LogP contribution in [0.2, 0.25) is 0 Å². The molecule has 2 nitrogen and oxygen atoms in total. The van der Waals surface area contributed by atoms with E-state index in [-0.39, 0.29) is 0 Å². The SMILES string of the molecule is N#Cc1c(-c2ccc(F)cc2)n(-c2ccc(F)cc2)c2cc(F)ccc12. The molecule has 0 atom stereocenters. The molecule has 0 aliphatic carbocycles. The van der Waals surface area contributed by atoms with Gasteiger partial charge in [0.05, 0.1) is 16.8 Å². The minimum absolute atomic E-state index is 0.343. The highest BCUT2D eigenvalue weighted by molar-refractivity contribution is 5.96. The summed E-state index contributed by atoms with van der Waals surface area (Å²) in [5, 5.41) is 10.3. The summed E-state index contributed by atoms with van der Waals surface area (Å²) in [5.74, 6) is -1.25. The molecule has 5 heteroatoms. The van der Waals surface area contributed by atoms with Gasteiger partial charge in [-0.1, -0.05) is 0 Å². The van der Waals surface area contributed by atoms with E-state index in [2.05, 4.69) is 6.07 Å². The number of hydrogen-bond donors (Lipinski definition) is 0. The first-order valence-electron chi connectivity index (χ1n) is 7.84. The van der Waals surface area contributed by atoms with E-state index in [1.165, 1.54) is 42.5 Å². The highest BCUT2D eigenvalue weighted by Gasteiger charge is 2.20. The van der Waals surface area contributed by atoms with Crippen molar-refractivity contribution < 1.29 is 13.2 Å². The van der Waals surface area contributed by atoms with Gasteiger partial charge < -0.3 is 4.57 Å². The van der Waals surface area contributed by atoms with E-state index in [1.807, 2.05) is 0 Å². The maximum absolute atomic E-state index is 13.9. The maximum atomic E-state index is 13.9. The third kappa shape index (κ3) is 2.52. The summed E-state index contributed by atoms with van der Waals surface area (Å²) in [4.78, 5) is 0. The molecule has 1 heterocycles. The van der Waals surface area contributed by atoms with Crippen LogP contribution in [0.25, 0.3) is 27.8 Å². The molecule has 0 fully saturated rings. The van der Waals surface area contributed by atoms with Gasteiger partial charge in [0, 0.05) is 16.6 Å². The molecule has 0 radical (unpaired) electrons. The van der Waals surface area contributed by atoms with Gasteiger partial charge in [0.1, 0.15) is 23.5 Å². The third-order valence-electron chi connectivity index (χ3n) is 4.24. The van der Waals surface area contributed by atoms with Crippen molar-refractivity contribution >= 4 is 10.9 Å². The van der Waals surface area contributed by atoms with Crippen LogP contribution in [0, 0.1) is 28.8 Å². The van der Waals surface area contributed by atoms with E-state index in [9.17, 15) is 18.4 Å². The van der Waals surface area contributed by atoms with Crippen LogP contribution in [0.3, 0.4) is 0 Å². The monoisotopic (exact) mass is 348 g/mol. The molecule has 0 saturated carbocycles. The molecule has 0 spiro atoms. The van der Waals surface area contributed by atoms with Crippen molar-refractivity contribution in [3.05, 3.63) is 89.7 Å². The van der Waals surface area contributed by atoms with Gasteiger partial charge in [-0.25, -0.2) is 13.2 Å². The molecule has 3 aromatic carbocycles. The number of aromatic nitrogens is 1. The Kier molecular flexibility index (Phi) is 3.74. The Hall–Kier alpha value is -3.52. The Bertz CT molecular complexity index is 1150. The summed E-state index contributed by atoms with van der Waals surface area (Å²) in [6.07, 6.45) is 0. The molecule has 4 rings (SSSR count). The van der Waals surface area contributed by atoms with E-state index >= 15 is 0 Å². The van der Waals surface area contributed by atoms with Crippen LogP contribution < -0.4 is 0 Å². The van der Waals surface area contributed by atoms with Crippen LogP contribution >= 0.6 is 0 Å². The number of benzene rings is 3. The third-order valence-corrected chi connectivity index (χ3v) is 4.24. The highest BCUT2D eigenvalue weighted by Crippen LogP contribution is 2.36. The van der Waals surface area contributed by atoms with E-state index < -0.39 is 17.5 Å². The van der Waals surface area contributed by atoms with Crippen molar-refractivity contribution in [2.75, 3.05) is 0 Å². The number of rotatable bonds is 2. The lowest BCUT2D eigenvalue weighted by Crippen LogP contribution is -1.98. The van der Waals surface area contributed by atoms with Crippen LogP contribution in [0.15, 0.2) is 66.7 Å². The van der Waals surface area contributed by atoms with E-state index in [1.54, 1.807) is 28.8 Å². The topological polar surface area (TPSA) is 28.7 Å². The summed E-state index contributed by atoms with van der Waals surface area (Å²) in [5.41, 5.74) is 2.50. The van der Waals surface area contributed by atoms with Crippen molar-refractivity contribution in [2.45, 2.75) is 0 Å². The fraction of sp³-hybridized carbons (Fsp3) is 0. The number of fused-ring (bicyclic) bond motifs is 1. The normalized spacial score (nSPS) is 10.8. The molecule has 0 N–H and O–H groups in total. The largest absolute Gasteiger partial charge is 0.308 e. The molecule has 126 valence electrons. The Labute approximate surface area is 147 Å². The lowest BCUT2D eigenvalue weighted by Gasteiger charge is -2.12. The number of nitriles is 1. The van der Waals surface area contributed by atoms with E-state index in [4.69, 9.17) is 0 Å². The van der Waals surface area contributed by atoms with Gasteiger partial charge in [0.25, 0.3) is 0 Å². The average molecular weight is 348 g/mol. The van der Waals surface area contributed by atoms with Gasteiger partial charge in [-0.2, -0.15) is 5.26 Å². The van der Waals surface area contributed by atoms with Gasteiger partial charge in [-0.05, 0) is 66.7 Å². The molecule has 0 unspecified atom stereocenters. The second-order valence-electron chi connectivity index (χ2n) is 5.82. The summed E-state index contributed by atoms with van der Waals surface area (Å²) in [6.45, 7) is 0. The quantitative estimate of drug-likeness (QED) is 0.464. The second kappa shape index (κ2) is 6.08. The lowest BCUT2D eigenvalue weighted by atomic mass is 10.1. The van der Waals surface area contributed by atoms with Crippen molar-refractivity contribution in [2.24, 2.45) is 0 Å². The zero-order valence-electron chi connectivity index (χ0n) is 13.4. The molecule has 26 heavy (non-hydrogen) atoms. The van der Waals surface area contributed by atoms with Gasteiger partial charge in [-0.15, -0.1) is 0 Å². The highest BCUT2D eigenvalue weighted by atomic mass is 19.1. The Balaban J connectivity index is 2.14. The summed E-state index contributed by atoms with van der Waals surface area (Å²) >= 11 is 0. The first kappa shape index (κ1) is 16.0.